The molecule has 41 heavy (non-hydrogen) atoms. The Bertz CT molecular complexity index is 1170. The molecule has 1 aliphatic heterocycles. The molecule has 0 radical (unpaired) electrons. The van der Waals surface area contributed by atoms with Crippen molar-refractivity contribution in [3.05, 3.63) is 47.4 Å². The zero-order valence-electron chi connectivity index (χ0n) is 24.0. The minimum absolute atomic E-state index is 0.0800. The number of fused-ring (bicyclic) bond motifs is 1. The van der Waals surface area contributed by atoms with Crippen LogP contribution in [0.15, 0.2) is 34.7 Å². The molecule has 1 saturated carbocycles. The number of halogens is 3. The van der Waals surface area contributed by atoms with Crippen LogP contribution in [0.4, 0.5) is 13.2 Å². The van der Waals surface area contributed by atoms with Gasteiger partial charge in [-0.2, -0.15) is 13.2 Å². The van der Waals surface area contributed by atoms with Crippen LogP contribution < -0.4 is 20.1 Å². The maximum absolute atomic E-state index is 10.6. The van der Waals surface area contributed by atoms with Gasteiger partial charge in [0.2, 0.25) is 0 Å². The molecule has 1 aromatic carbocycles. The maximum atomic E-state index is 10.6. The molecule has 1 saturated heterocycles. The van der Waals surface area contributed by atoms with Gasteiger partial charge in [0.1, 0.15) is 11.5 Å². The maximum Gasteiger partial charge on any atom is 0.490 e. The van der Waals surface area contributed by atoms with Crippen LogP contribution in [0.2, 0.25) is 0 Å². The van der Waals surface area contributed by atoms with Crippen molar-refractivity contribution in [2.75, 3.05) is 27.3 Å². The van der Waals surface area contributed by atoms with E-state index < -0.39 is 12.1 Å². The van der Waals surface area contributed by atoms with E-state index in [9.17, 15) is 13.2 Å². The van der Waals surface area contributed by atoms with Gasteiger partial charge in [-0.25, -0.2) is 4.79 Å². The first-order valence-corrected chi connectivity index (χ1v) is 14.2. The van der Waals surface area contributed by atoms with Gasteiger partial charge >= 0.3 is 12.1 Å². The van der Waals surface area contributed by atoms with Gasteiger partial charge in [-0.1, -0.05) is 19.4 Å². The van der Waals surface area contributed by atoms with E-state index >= 15 is 0 Å². The molecule has 12 heteroatoms. The number of benzene rings is 1. The third-order valence-electron chi connectivity index (χ3n) is 7.88. The fraction of sp³-hybridized carbons (Fsp3) is 0.586. The Morgan fingerprint density at radius 3 is 2.49 bits per heavy atom. The van der Waals surface area contributed by atoms with Gasteiger partial charge in [-0.05, 0) is 87.6 Å². The summed E-state index contributed by atoms with van der Waals surface area (Å²) in [6.45, 7) is 7.01. The second kappa shape index (κ2) is 14.3. The van der Waals surface area contributed by atoms with Crippen molar-refractivity contribution in [1.82, 2.24) is 15.5 Å². The highest BCUT2D eigenvalue weighted by Gasteiger charge is 2.51. The van der Waals surface area contributed by atoms with E-state index in [-0.39, 0.29) is 5.41 Å². The molecule has 1 aliphatic carbocycles. The summed E-state index contributed by atoms with van der Waals surface area (Å²) in [6.07, 6.45) is 1.58. The predicted octanol–water partition coefficient (Wildman–Crippen LogP) is 5.57. The Morgan fingerprint density at radius 1 is 1.20 bits per heavy atom. The lowest BCUT2D eigenvalue weighted by Crippen LogP contribution is -2.53. The van der Waals surface area contributed by atoms with Crippen LogP contribution in [0, 0.1) is 6.92 Å². The third-order valence-corrected chi connectivity index (χ3v) is 8.14. The van der Waals surface area contributed by atoms with Crippen molar-refractivity contribution in [2.45, 2.75) is 82.6 Å². The van der Waals surface area contributed by atoms with Crippen molar-refractivity contribution in [3.8, 4) is 11.5 Å². The lowest BCUT2D eigenvalue weighted by molar-refractivity contribution is -0.192. The molecule has 0 spiro atoms. The van der Waals surface area contributed by atoms with E-state index in [2.05, 4.69) is 52.8 Å². The number of nitrogens with one attached hydrogen (secondary N) is 2. The Morgan fingerprint density at radius 2 is 1.90 bits per heavy atom. The number of thiocarbonyl (C=S) groups is 1. The molecular formula is C29H40F3N3O5S. The lowest BCUT2D eigenvalue weighted by Gasteiger charge is -2.45. The molecule has 3 N–H and O–H groups in total. The predicted molar refractivity (Wildman–Crippen MR) is 153 cm³/mol. The largest absolute Gasteiger partial charge is 0.493 e. The smallest absolute Gasteiger partial charge is 0.490 e. The second-order valence-electron chi connectivity index (χ2n) is 10.5. The Balaban J connectivity index is 0.000000587. The van der Waals surface area contributed by atoms with Gasteiger partial charge in [-0.3, -0.25) is 4.90 Å². The number of unbranched alkanes of at least 4 members (excludes halogenated alkanes) is 1. The van der Waals surface area contributed by atoms with Gasteiger partial charge in [0, 0.05) is 24.0 Å². The second-order valence-corrected chi connectivity index (χ2v) is 10.9. The van der Waals surface area contributed by atoms with Crippen LogP contribution >= 0.6 is 12.2 Å². The summed E-state index contributed by atoms with van der Waals surface area (Å²) in [6, 6.07) is 11.4. The summed E-state index contributed by atoms with van der Waals surface area (Å²) < 4.78 is 48.9. The van der Waals surface area contributed by atoms with Crippen LogP contribution in [0.5, 0.6) is 11.5 Å². The quantitative estimate of drug-likeness (QED) is 0.253. The molecule has 2 aliphatic rings. The molecule has 228 valence electrons. The molecule has 1 aromatic heterocycles. The number of alkyl halides is 3. The summed E-state index contributed by atoms with van der Waals surface area (Å²) in [5.41, 5.74) is 1.42. The summed E-state index contributed by atoms with van der Waals surface area (Å²) >= 11 is 5.61. The molecule has 2 heterocycles. The number of carboxylic acids is 1. The van der Waals surface area contributed by atoms with Crippen molar-refractivity contribution >= 4 is 23.3 Å². The van der Waals surface area contributed by atoms with Crippen LogP contribution in [0.1, 0.15) is 62.5 Å². The number of ether oxygens (including phenoxy) is 2. The Kier molecular flexibility index (Phi) is 11.3. The Hall–Kier alpha value is -2.99. The Labute approximate surface area is 244 Å². The van der Waals surface area contributed by atoms with Gasteiger partial charge < -0.3 is 29.6 Å². The van der Waals surface area contributed by atoms with Crippen molar-refractivity contribution in [2.24, 2.45) is 0 Å². The van der Waals surface area contributed by atoms with Gasteiger partial charge in [0.05, 0.1) is 20.8 Å². The van der Waals surface area contributed by atoms with E-state index in [4.69, 9.17) is 36.0 Å². The summed E-state index contributed by atoms with van der Waals surface area (Å²) in [7, 11) is 3.40. The fourth-order valence-corrected chi connectivity index (χ4v) is 6.10. The standard InChI is InChI=1S/C27H39N3O3S.C2HF3O2/c1-5-6-14-28-26(34)29-21-11-12-27(20-8-10-23(31-3)24(16-20)32-4)13-15-30(25(27)17-21)18-22-9-7-19(2)33-22;3-2(4,5)1(6)7/h7-10,16,21,25H,5-6,11-15,17-18H2,1-4H3,(H2,28,29,34);(H,6,7)/t21-,25+,27+;/m1./s1. The number of carbonyl (C=O) groups is 1. The molecule has 0 unspecified atom stereocenters. The van der Waals surface area contributed by atoms with Gasteiger partial charge in [0.25, 0.3) is 0 Å². The lowest BCUT2D eigenvalue weighted by atomic mass is 9.65. The van der Waals surface area contributed by atoms with E-state index in [0.29, 0.717) is 12.1 Å². The molecule has 0 amide bonds. The first-order valence-electron chi connectivity index (χ1n) is 13.8. The summed E-state index contributed by atoms with van der Waals surface area (Å²) in [4.78, 5) is 11.5. The van der Waals surface area contributed by atoms with E-state index in [1.807, 2.05) is 6.92 Å². The van der Waals surface area contributed by atoms with Crippen LogP contribution in [0.25, 0.3) is 0 Å². The average molecular weight is 600 g/mol. The van der Waals surface area contributed by atoms with E-state index in [0.717, 1.165) is 86.3 Å². The minimum atomic E-state index is -5.08. The number of likely N-dealkylation sites (tertiary alicyclic amines) is 1. The zero-order valence-corrected chi connectivity index (χ0v) is 24.8. The number of aliphatic carboxylic acids is 1. The number of nitrogens with zero attached hydrogens (tertiary/aromatic N) is 1. The topological polar surface area (TPSA) is 96.2 Å². The highest BCUT2D eigenvalue weighted by Crippen LogP contribution is 2.50. The van der Waals surface area contributed by atoms with Crippen LogP contribution in [0.3, 0.4) is 0 Å². The molecule has 8 nitrogen and oxygen atoms in total. The summed E-state index contributed by atoms with van der Waals surface area (Å²) in [5.74, 6) is 0.820. The summed E-state index contributed by atoms with van der Waals surface area (Å²) in [5, 5.41) is 14.9. The normalized spacial score (nSPS) is 22.2. The number of methoxy groups -OCH3 is 2. The highest BCUT2D eigenvalue weighted by molar-refractivity contribution is 7.80. The molecule has 3 atom stereocenters. The molecule has 2 fully saturated rings. The van der Waals surface area contributed by atoms with Gasteiger partial charge in [0.15, 0.2) is 16.6 Å². The van der Waals surface area contributed by atoms with Crippen molar-refractivity contribution in [1.29, 1.82) is 0 Å². The average Bonchev–Trinajstić information content (AvgIpc) is 3.51. The van der Waals surface area contributed by atoms with Crippen molar-refractivity contribution < 1.29 is 37.0 Å². The van der Waals surface area contributed by atoms with Crippen LogP contribution in [-0.4, -0.2) is 66.7 Å². The highest BCUT2D eigenvalue weighted by atomic mass is 32.1. The first kappa shape index (κ1) is 32.5. The zero-order chi connectivity index (χ0) is 30.2. The SMILES string of the molecule is CCCCNC(=S)N[C@@H]1CC[C@@]2(c3ccc(OC)c(OC)c3)CCN(Cc3ccc(C)o3)[C@H]2C1.O=C(O)C(F)(F)F. The third kappa shape index (κ3) is 8.28. The number of rotatable bonds is 9. The number of hydrogen-bond acceptors (Lipinski definition) is 6. The monoisotopic (exact) mass is 599 g/mol. The number of aryl methyl sites for hydroxylation is 1. The minimum Gasteiger partial charge on any atom is -0.493 e. The molecule has 0 bridgehead atoms. The van der Waals surface area contributed by atoms with Gasteiger partial charge in [-0.15, -0.1) is 0 Å². The van der Waals surface area contributed by atoms with E-state index in [1.54, 1.807) is 14.2 Å². The first-order chi connectivity index (χ1) is 19.4. The number of carboxylic acid groups (broad SMARTS) is 1. The molecule has 4 rings (SSSR count). The van der Waals surface area contributed by atoms with Crippen LogP contribution in [-0.2, 0) is 16.8 Å². The molecular weight excluding hydrogens is 559 g/mol. The number of hydrogen-bond donors (Lipinski definition) is 3. The fourth-order valence-electron chi connectivity index (χ4n) is 5.83. The molecule has 2 aromatic rings. The van der Waals surface area contributed by atoms with E-state index in [1.165, 1.54) is 5.56 Å². The van der Waals surface area contributed by atoms with Crippen molar-refractivity contribution in [3.63, 3.8) is 0 Å². The number of furan rings is 1.